The third-order valence-electron chi connectivity index (χ3n) is 3.53. The van der Waals surface area contributed by atoms with Gasteiger partial charge in [-0.3, -0.25) is 4.98 Å². The SMILES string of the molecule is CNC(Cc1ccccn1)CC1CCS(=O)(=O)C1. The van der Waals surface area contributed by atoms with Crippen molar-refractivity contribution in [2.75, 3.05) is 18.6 Å². The van der Waals surface area contributed by atoms with Crippen LogP contribution in [0.25, 0.3) is 0 Å². The summed E-state index contributed by atoms with van der Waals surface area (Å²) in [5, 5.41) is 3.27. The van der Waals surface area contributed by atoms with Crippen LogP contribution in [0.15, 0.2) is 24.4 Å². The standard InChI is InChI=1S/C13H20N2O2S/c1-14-13(9-12-4-2-3-6-15-12)8-11-5-7-18(16,17)10-11/h2-4,6,11,13-14H,5,7-10H2,1H3. The summed E-state index contributed by atoms with van der Waals surface area (Å²) < 4.78 is 22.9. The number of nitrogens with zero attached hydrogens (tertiary/aromatic N) is 1. The number of aromatic nitrogens is 1. The zero-order valence-corrected chi connectivity index (χ0v) is 11.5. The predicted molar refractivity (Wildman–Crippen MR) is 72.2 cm³/mol. The summed E-state index contributed by atoms with van der Waals surface area (Å²) in [7, 11) is -0.838. The molecule has 0 bridgehead atoms. The van der Waals surface area contributed by atoms with Gasteiger partial charge in [-0.15, -0.1) is 0 Å². The van der Waals surface area contributed by atoms with Crippen LogP contribution >= 0.6 is 0 Å². The molecule has 5 heteroatoms. The third kappa shape index (κ3) is 3.78. The number of pyridine rings is 1. The van der Waals surface area contributed by atoms with Gasteiger partial charge in [0, 0.05) is 24.4 Å². The van der Waals surface area contributed by atoms with Gasteiger partial charge in [0.1, 0.15) is 0 Å². The Kier molecular flexibility index (Phi) is 4.35. The zero-order chi connectivity index (χ0) is 13.0. The summed E-state index contributed by atoms with van der Waals surface area (Å²) in [6, 6.07) is 6.20. The molecule has 0 spiro atoms. The lowest BCUT2D eigenvalue weighted by atomic mass is 9.96. The molecule has 1 saturated heterocycles. The highest BCUT2D eigenvalue weighted by molar-refractivity contribution is 7.91. The van der Waals surface area contributed by atoms with Crippen LogP contribution in [-0.4, -0.2) is 38.0 Å². The molecule has 1 aliphatic heterocycles. The van der Waals surface area contributed by atoms with Crippen molar-refractivity contribution in [2.24, 2.45) is 5.92 Å². The van der Waals surface area contributed by atoms with Crippen LogP contribution in [-0.2, 0) is 16.3 Å². The number of hydrogen-bond acceptors (Lipinski definition) is 4. The number of rotatable bonds is 5. The van der Waals surface area contributed by atoms with Gasteiger partial charge in [-0.25, -0.2) is 8.42 Å². The minimum absolute atomic E-state index is 0.302. The molecular formula is C13H20N2O2S. The molecule has 0 aliphatic carbocycles. The van der Waals surface area contributed by atoms with E-state index >= 15 is 0 Å². The van der Waals surface area contributed by atoms with Crippen molar-refractivity contribution in [3.8, 4) is 0 Å². The molecule has 1 aliphatic rings. The highest BCUT2D eigenvalue weighted by atomic mass is 32.2. The van der Waals surface area contributed by atoms with Crippen molar-refractivity contribution in [1.29, 1.82) is 0 Å². The van der Waals surface area contributed by atoms with Gasteiger partial charge in [0.05, 0.1) is 11.5 Å². The van der Waals surface area contributed by atoms with Gasteiger partial charge < -0.3 is 5.32 Å². The van der Waals surface area contributed by atoms with Crippen molar-refractivity contribution >= 4 is 9.84 Å². The fraction of sp³-hybridized carbons (Fsp3) is 0.615. The van der Waals surface area contributed by atoms with E-state index < -0.39 is 9.84 Å². The van der Waals surface area contributed by atoms with Crippen LogP contribution in [0.1, 0.15) is 18.5 Å². The van der Waals surface area contributed by atoms with Gasteiger partial charge in [-0.1, -0.05) is 6.07 Å². The second kappa shape index (κ2) is 5.80. The van der Waals surface area contributed by atoms with E-state index in [1.54, 1.807) is 6.20 Å². The molecule has 0 radical (unpaired) electrons. The molecule has 1 fully saturated rings. The van der Waals surface area contributed by atoms with Crippen LogP contribution in [0.4, 0.5) is 0 Å². The van der Waals surface area contributed by atoms with Gasteiger partial charge in [-0.2, -0.15) is 0 Å². The molecule has 4 nitrogen and oxygen atoms in total. The Morgan fingerprint density at radius 3 is 2.89 bits per heavy atom. The Balaban J connectivity index is 1.90. The Morgan fingerprint density at radius 2 is 2.33 bits per heavy atom. The monoisotopic (exact) mass is 268 g/mol. The lowest BCUT2D eigenvalue weighted by molar-refractivity contribution is 0.421. The average molecular weight is 268 g/mol. The maximum atomic E-state index is 11.4. The molecule has 1 aromatic rings. The first-order valence-electron chi connectivity index (χ1n) is 6.36. The maximum absolute atomic E-state index is 11.4. The molecule has 2 unspecified atom stereocenters. The van der Waals surface area contributed by atoms with Crippen molar-refractivity contribution in [3.63, 3.8) is 0 Å². The Labute approximate surface area is 109 Å². The van der Waals surface area contributed by atoms with Gasteiger partial charge in [0.2, 0.25) is 0 Å². The summed E-state index contributed by atoms with van der Waals surface area (Å²) in [5.74, 6) is 1.02. The quantitative estimate of drug-likeness (QED) is 0.867. The van der Waals surface area contributed by atoms with E-state index in [2.05, 4.69) is 10.3 Å². The minimum Gasteiger partial charge on any atom is -0.317 e. The Morgan fingerprint density at radius 1 is 1.50 bits per heavy atom. The zero-order valence-electron chi connectivity index (χ0n) is 10.7. The summed E-state index contributed by atoms with van der Waals surface area (Å²) in [6.07, 6.45) is 4.37. The van der Waals surface area contributed by atoms with Gasteiger partial charge >= 0.3 is 0 Å². The number of nitrogens with one attached hydrogen (secondary N) is 1. The van der Waals surface area contributed by atoms with Crippen LogP contribution in [0, 0.1) is 5.92 Å². The molecule has 100 valence electrons. The normalized spacial score (nSPS) is 23.9. The predicted octanol–water partition coefficient (Wildman–Crippen LogP) is 1.04. The molecule has 1 N–H and O–H groups in total. The minimum atomic E-state index is -2.77. The fourth-order valence-electron chi connectivity index (χ4n) is 2.53. The second-order valence-electron chi connectivity index (χ2n) is 5.02. The number of sulfone groups is 1. The van der Waals surface area contributed by atoms with Gasteiger partial charge in [0.15, 0.2) is 9.84 Å². The third-order valence-corrected chi connectivity index (χ3v) is 5.37. The van der Waals surface area contributed by atoms with Crippen molar-refractivity contribution in [1.82, 2.24) is 10.3 Å². The van der Waals surface area contributed by atoms with Crippen LogP contribution < -0.4 is 5.32 Å². The van der Waals surface area contributed by atoms with Crippen LogP contribution in [0.2, 0.25) is 0 Å². The van der Waals surface area contributed by atoms with E-state index in [9.17, 15) is 8.42 Å². The summed E-state index contributed by atoms with van der Waals surface area (Å²) in [4.78, 5) is 4.31. The molecule has 0 aromatic carbocycles. The summed E-state index contributed by atoms with van der Waals surface area (Å²) in [5.41, 5.74) is 1.05. The second-order valence-corrected chi connectivity index (χ2v) is 7.24. The van der Waals surface area contributed by atoms with E-state index in [0.717, 1.165) is 25.0 Å². The first-order valence-corrected chi connectivity index (χ1v) is 8.19. The van der Waals surface area contributed by atoms with Crippen molar-refractivity contribution in [3.05, 3.63) is 30.1 Å². The first kappa shape index (κ1) is 13.5. The Bertz CT molecular complexity index is 473. The number of hydrogen-bond donors (Lipinski definition) is 1. The highest BCUT2D eigenvalue weighted by Crippen LogP contribution is 2.23. The molecule has 0 saturated carbocycles. The van der Waals surface area contributed by atoms with Crippen molar-refractivity contribution in [2.45, 2.75) is 25.3 Å². The van der Waals surface area contributed by atoms with Crippen LogP contribution in [0.5, 0.6) is 0 Å². The lowest BCUT2D eigenvalue weighted by Gasteiger charge is -2.19. The van der Waals surface area contributed by atoms with Crippen LogP contribution in [0.3, 0.4) is 0 Å². The van der Waals surface area contributed by atoms with E-state index in [0.29, 0.717) is 23.5 Å². The molecule has 1 aromatic heterocycles. The highest BCUT2D eigenvalue weighted by Gasteiger charge is 2.29. The van der Waals surface area contributed by atoms with E-state index in [1.165, 1.54) is 0 Å². The van der Waals surface area contributed by atoms with E-state index in [4.69, 9.17) is 0 Å². The topological polar surface area (TPSA) is 59.1 Å². The first-order chi connectivity index (χ1) is 8.59. The molecule has 2 heterocycles. The fourth-order valence-corrected chi connectivity index (χ4v) is 4.41. The van der Waals surface area contributed by atoms with Crippen molar-refractivity contribution < 1.29 is 8.42 Å². The maximum Gasteiger partial charge on any atom is 0.150 e. The molecule has 18 heavy (non-hydrogen) atoms. The van der Waals surface area contributed by atoms with E-state index in [1.807, 2.05) is 25.2 Å². The van der Waals surface area contributed by atoms with Gasteiger partial charge in [0.25, 0.3) is 0 Å². The smallest absolute Gasteiger partial charge is 0.150 e. The lowest BCUT2D eigenvalue weighted by Crippen LogP contribution is -2.30. The Hall–Kier alpha value is -0.940. The largest absolute Gasteiger partial charge is 0.317 e. The average Bonchev–Trinajstić information content (AvgIpc) is 2.69. The summed E-state index contributed by atoms with van der Waals surface area (Å²) >= 11 is 0. The number of likely N-dealkylation sites (N-methyl/N-ethyl adjacent to an activating group) is 1. The molecule has 2 atom stereocenters. The molecule has 0 amide bonds. The summed E-state index contributed by atoms with van der Waals surface area (Å²) in [6.45, 7) is 0. The van der Waals surface area contributed by atoms with Gasteiger partial charge in [-0.05, 0) is 37.9 Å². The molecular weight excluding hydrogens is 248 g/mol. The molecule has 2 rings (SSSR count). The van der Waals surface area contributed by atoms with E-state index in [-0.39, 0.29) is 0 Å².